The zero-order valence-electron chi connectivity index (χ0n) is 17.7. The van der Waals surface area contributed by atoms with Gasteiger partial charge < -0.3 is 10.2 Å². The lowest BCUT2D eigenvalue weighted by atomic mass is 9.80. The fourth-order valence-electron chi connectivity index (χ4n) is 3.84. The van der Waals surface area contributed by atoms with Crippen molar-refractivity contribution in [3.05, 3.63) is 70.8 Å². The third kappa shape index (κ3) is 3.64. The van der Waals surface area contributed by atoms with Gasteiger partial charge in [0.05, 0.1) is 0 Å². The largest absolute Gasteiger partial charge is 0.508 e. The second-order valence-electron chi connectivity index (χ2n) is 8.31. The molecular weight excluding hydrogens is 344 g/mol. The van der Waals surface area contributed by atoms with Crippen molar-refractivity contribution < 1.29 is 10.2 Å². The molecule has 2 N–H and O–H groups in total. The van der Waals surface area contributed by atoms with Gasteiger partial charge in [-0.3, -0.25) is 0 Å². The zero-order chi connectivity index (χ0) is 20.6. The number of benzene rings is 3. The van der Waals surface area contributed by atoms with Gasteiger partial charge >= 0.3 is 0 Å². The van der Waals surface area contributed by atoms with Crippen LogP contribution in [-0.2, 0) is 0 Å². The molecule has 0 amide bonds. The number of hydrogen-bond acceptors (Lipinski definition) is 2. The van der Waals surface area contributed by atoms with Crippen LogP contribution in [0.5, 0.6) is 11.5 Å². The summed E-state index contributed by atoms with van der Waals surface area (Å²) < 4.78 is 0. The summed E-state index contributed by atoms with van der Waals surface area (Å²) >= 11 is 0. The number of hydrogen-bond donors (Lipinski definition) is 2. The number of phenols is 2. The first-order chi connectivity index (χ1) is 13.2. The smallest absolute Gasteiger partial charge is 0.118 e. The Kier molecular flexibility index (Phi) is 5.51. The van der Waals surface area contributed by atoms with Crippen LogP contribution in [0.3, 0.4) is 0 Å². The second kappa shape index (κ2) is 7.71. The molecule has 2 nitrogen and oxygen atoms in total. The van der Waals surface area contributed by atoms with Gasteiger partial charge in [-0.2, -0.15) is 0 Å². The Hall–Kier alpha value is -2.74. The van der Waals surface area contributed by atoms with Crippen molar-refractivity contribution in [2.24, 2.45) is 0 Å². The van der Waals surface area contributed by atoms with Crippen LogP contribution in [0.1, 0.15) is 61.8 Å². The first kappa shape index (κ1) is 20.0. The minimum absolute atomic E-state index is 0.317. The molecule has 0 fully saturated rings. The van der Waals surface area contributed by atoms with E-state index in [0.29, 0.717) is 23.3 Å². The van der Waals surface area contributed by atoms with Crippen LogP contribution < -0.4 is 0 Å². The highest BCUT2D eigenvalue weighted by molar-refractivity contribution is 5.89. The maximum absolute atomic E-state index is 10.0. The minimum atomic E-state index is 0.317. The molecule has 3 aromatic rings. The number of phenolic OH excluding ortho intramolecular Hbond substituents is 2. The molecule has 0 aromatic heterocycles. The van der Waals surface area contributed by atoms with Gasteiger partial charge in [0, 0.05) is 0 Å². The summed E-state index contributed by atoms with van der Waals surface area (Å²) in [6.45, 7) is 12.7. The molecule has 0 spiro atoms. The molecule has 0 atom stereocenters. The van der Waals surface area contributed by atoms with Gasteiger partial charge in [-0.25, -0.2) is 0 Å². The van der Waals surface area contributed by atoms with Gasteiger partial charge in [0.15, 0.2) is 0 Å². The summed E-state index contributed by atoms with van der Waals surface area (Å²) in [6, 6.07) is 16.2. The quantitative estimate of drug-likeness (QED) is 0.503. The lowest BCUT2D eigenvalue weighted by Crippen LogP contribution is -2.02. The third-order valence-electron chi connectivity index (χ3n) is 5.48. The van der Waals surface area contributed by atoms with Crippen LogP contribution in [0, 0.1) is 13.8 Å². The molecule has 0 saturated carbocycles. The average Bonchev–Trinajstić information content (AvgIpc) is 2.65. The Balaban J connectivity index is 2.44. The molecule has 0 aliphatic carbocycles. The summed E-state index contributed by atoms with van der Waals surface area (Å²) in [5.41, 5.74) is 8.98. The highest BCUT2D eigenvalue weighted by Gasteiger charge is 2.20. The van der Waals surface area contributed by atoms with Crippen LogP contribution in [0.4, 0.5) is 0 Å². The molecule has 0 radical (unpaired) electrons. The molecule has 0 aliphatic heterocycles. The van der Waals surface area contributed by atoms with E-state index in [4.69, 9.17) is 0 Å². The molecule has 0 heterocycles. The molecule has 146 valence electrons. The standard InChI is InChI=1S/C26H30O2/c1-15(2)21-9-10-22(16(3)4)26(20-8-12-24(28)18(6)14-20)25(21)19-7-11-23(27)17(5)13-19/h7-16,27-28H,1-6H3. The maximum Gasteiger partial charge on any atom is 0.118 e. The average molecular weight is 375 g/mol. The van der Waals surface area contributed by atoms with Crippen LogP contribution in [0.2, 0.25) is 0 Å². The molecule has 0 bridgehead atoms. The van der Waals surface area contributed by atoms with Crippen molar-refractivity contribution >= 4 is 0 Å². The van der Waals surface area contributed by atoms with Crippen molar-refractivity contribution in [2.75, 3.05) is 0 Å². The molecular formula is C26H30O2. The summed E-state index contributed by atoms with van der Waals surface area (Å²) in [5.74, 6) is 1.36. The van der Waals surface area contributed by atoms with Crippen molar-refractivity contribution in [2.45, 2.75) is 53.4 Å². The van der Waals surface area contributed by atoms with Crippen LogP contribution in [0.25, 0.3) is 22.3 Å². The van der Waals surface area contributed by atoms with E-state index >= 15 is 0 Å². The van der Waals surface area contributed by atoms with E-state index in [0.717, 1.165) is 22.3 Å². The van der Waals surface area contributed by atoms with E-state index < -0.39 is 0 Å². The SMILES string of the molecule is Cc1cc(-c2c(C(C)C)ccc(C(C)C)c2-c2ccc(O)c(C)c2)ccc1O. The number of aryl methyl sites for hydroxylation is 2. The molecule has 28 heavy (non-hydrogen) atoms. The Morgan fingerprint density at radius 2 is 0.929 bits per heavy atom. The Bertz CT molecular complexity index is 931. The van der Waals surface area contributed by atoms with Gasteiger partial charge in [-0.05, 0) is 94.5 Å². The normalized spacial score (nSPS) is 11.4. The molecule has 2 heteroatoms. The first-order valence-corrected chi connectivity index (χ1v) is 9.97. The predicted octanol–water partition coefficient (Wildman–Crippen LogP) is 7.30. The van der Waals surface area contributed by atoms with E-state index in [-0.39, 0.29) is 0 Å². The van der Waals surface area contributed by atoms with Crippen LogP contribution in [0.15, 0.2) is 48.5 Å². The van der Waals surface area contributed by atoms with E-state index in [1.807, 2.05) is 26.0 Å². The minimum Gasteiger partial charge on any atom is -0.508 e. The predicted molar refractivity (Wildman–Crippen MR) is 118 cm³/mol. The van der Waals surface area contributed by atoms with Crippen molar-refractivity contribution in [3.8, 4) is 33.8 Å². The fourth-order valence-corrected chi connectivity index (χ4v) is 3.84. The van der Waals surface area contributed by atoms with Gasteiger partial charge in [0.1, 0.15) is 11.5 Å². The summed E-state index contributed by atoms with van der Waals surface area (Å²) in [5, 5.41) is 20.1. The van der Waals surface area contributed by atoms with Crippen molar-refractivity contribution in [1.29, 1.82) is 0 Å². The second-order valence-corrected chi connectivity index (χ2v) is 8.31. The van der Waals surface area contributed by atoms with Gasteiger partial charge in [-0.1, -0.05) is 52.0 Å². The van der Waals surface area contributed by atoms with Crippen LogP contribution in [-0.4, -0.2) is 10.2 Å². The van der Waals surface area contributed by atoms with Gasteiger partial charge in [-0.15, -0.1) is 0 Å². The number of aromatic hydroxyl groups is 2. The Labute approximate surface area is 168 Å². The lowest BCUT2D eigenvalue weighted by molar-refractivity contribution is 0.470. The molecule has 0 saturated heterocycles. The molecule has 3 rings (SSSR count). The maximum atomic E-state index is 10.0. The molecule has 0 aliphatic rings. The lowest BCUT2D eigenvalue weighted by Gasteiger charge is -2.24. The van der Waals surface area contributed by atoms with E-state index in [2.05, 4.69) is 52.0 Å². The van der Waals surface area contributed by atoms with Gasteiger partial charge in [0.2, 0.25) is 0 Å². The third-order valence-corrected chi connectivity index (χ3v) is 5.48. The Morgan fingerprint density at radius 1 is 0.571 bits per heavy atom. The monoisotopic (exact) mass is 374 g/mol. The van der Waals surface area contributed by atoms with Crippen molar-refractivity contribution in [1.82, 2.24) is 0 Å². The number of rotatable bonds is 4. The topological polar surface area (TPSA) is 40.5 Å². The van der Waals surface area contributed by atoms with Gasteiger partial charge in [0.25, 0.3) is 0 Å². The molecule has 3 aromatic carbocycles. The van der Waals surface area contributed by atoms with E-state index in [1.165, 1.54) is 22.3 Å². The van der Waals surface area contributed by atoms with E-state index in [1.54, 1.807) is 12.1 Å². The van der Waals surface area contributed by atoms with Crippen LogP contribution >= 0.6 is 0 Å². The highest BCUT2D eigenvalue weighted by Crippen LogP contribution is 2.44. The van der Waals surface area contributed by atoms with Crippen molar-refractivity contribution in [3.63, 3.8) is 0 Å². The molecule has 0 unspecified atom stereocenters. The highest BCUT2D eigenvalue weighted by atomic mass is 16.3. The zero-order valence-corrected chi connectivity index (χ0v) is 17.7. The first-order valence-electron chi connectivity index (χ1n) is 9.97. The summed E-state index contributed by atoms with van der Waals surface area (Å²) in [7, 11) is 0. The Morgan fingerprint density at radius 3 is 1.21 bits per heavy atom. The van der Waals surface area contributed by atoms with E-state index in [9.17, 15) is 10.2 Å². The fraction of sp³-hybridized carbons (Fsp3) is 0.308. The summed E-state index contributed by atoms with van der Waals surface area (Å²) in [6.07, 6.45) is 0. The summed E-state index contributed by atoms with van der Waals surface area (Å²) in [4.78, 5) is 0.